The van der Waals surface area contributed by atoms with E-state index in [2.05, 4.69) is 36.4 Å². The summed E-state index contributed by atoms with van der Waals surface area (Å²) in [5.74, 6) is 0. The minimum atomic E-state index is -0.375. The number of non-ortho nitro benzene ring substituents is 1. The molecule has 1 aliphatic carbocycles. The molecule has 0 N–H and O–H groups in total. The van der Waals surface area contributed by atoms with Gasteiger partial charge in [0.25, 0.3) is 5.69 Å². The summed E-state index contributed by atoms with van der Waals surface area (Å²) in [6.45, 7) is 0. The van der Waals surface area contributed by atoms with Crippen molar-refractivity contribution in [1.29, 1.82) is 0 Å². The first-order valence-corrected chi connectivity index (χ1v) is 11.3. The van der Waals surface area contributed by atoms with Gasteiger partial charge >= 0.3 is 0 Å². The Hall–Kier alpha value is -4.21. The van der Waals surface area contributed by atoms with Crippen molar-refractivity contribution < 1.29 is 4.92 Å². The van der Waals surface area contributed by atoms with E-state index in [1.807, 2.05) is 72.8 Å². The number of nitro groups is 1. The number of hydrogen-bond acceptors (Lipinski definition) is 2. The molecule has 0 spiro atoms. The zero-order chi connectivity index (χ0) is 23.5. The van der Waals surface area contributed by atoms with Crippen LogP contribution in [0.5, 0.6) is 0 Å². The van der Waals surface area contributed by atoms with Crippen molar-refractivity contribution in [2.75, 3.05) is 0 Å². The smallest absolute Gasteiger partial charge is 0.258 e. The molecule has 5 rings (SSSR count). The molecule has 0 unspecified atom stereocenters. The average Bonchev–Trinajstić information content (AvgIpc) is 3.30. The van der Waals surface area contributed by atoms with Crippen molar-refractivity contribution in [3.63, 3.8) is 0 Å². The highest BCUT2D eigenvalue weighted by Crippen LogP contribution is 2.46. The molecule has 164 valence electrons. The lowest BCUT2D eigenvalue weighted by Crippen LogP contribution is -1.99. The van der Waals surface area contributed by atoms with E-state index in [0.717, 1.165) is 44.5 Å². The maximum atomic E-state index is 11.2. The van der Waals surface area contributed by atoms with Crippen LogP contribution < -0.4 is 0 Å². The van der Waals surface area contributed by atoms with Crippen LogP contribution in [0.3, 0.4) is 0 Å². The molecule has 0 aromatic heterocycles. The van der Waals surface area contributed by atoms with Crippen LogP contribution in [-0.2, 0) is 0 Å². The highest BCUT2D eigenvalue weighted by atomic mass is 35.5. The van der Waals surface area contributed by atoms with Crippen molar-refractivity contribution in [2.45, 2.75) is 0 Å². The number of rotatable bonds is 5. The lowest BCUT2D eigenvalue weighted by atomic mass is 9.83. The van der Waals surface area contributed by atoms with Crippen LogP contribution in [0.4, 0.5) is 5.69 Å². The molecule has 1 aliphatic rings. The van der Waals surface area contributed by atoms with Gasteiger partial charge in [0.1, 0.15) is 0 Å². The van der Waals surface area contributed by atoms with E-state index in [1.54, 1.807) is 12.1 Å². The summed E-state index contributed by atoms with van der Waals surface area (Å²) < 4.78 is 0. The van der Waals surface area contributed by atoms with E-state index in [4.69, 9.17) is 11.6 Å². The van der Waals surface area contributed by atoms with Crippen LogP contribution >= 0.6 is 11.6 Å². The quantitative estimate of drug-likeness (QED) is 0.222. The Bertz CT molecular complexity index is 1390. The van der Waals surface area contributed by atoms with Crippen molar-refractivity contribution in [1.82, 2.24) is 0 Å². The molecule has 3 nitrogen and oxygen atoms in total. The van der Waals surface area contributed by atoms with Gasteiger partial charge in [-0.05, 0) is 68.8 Å². The normalized spacial score (nSPS) is 12.8. The summed E-state index contributed by atoms with van der Waals surface area (Å²) in [7, 11) is 0. The first kappa shape index (κ1) is 21.6. The predicted molar refractivity (Wildman–Crippen MR) is 139 cm³/mol. The zero-order valence-corrected chi connectivity index (χ0v) is 18.9. The number of benzene rings is 4. The van der Waals surface area contributed by atoms with Crippen LogP contribution in [0.25, 0.3) is 16.7 Å². The van der Waals surface area contributed by atoms with Gasteiger partial charge in [-0.3, -0.25) is 10.1 Å². The van der Waals surface area contributed by atoms with Gasteiger partial charge in [-0.1, -0.05) is 96.5 Å². The number of allylic oxidation sites excluding steroid dienone is 5. The van der Waals surface area contributed by atoms with Gasteiger partial charge in [0.2, 0.25) is 0 Å². The first-order chi connectivity index (χ1) is 16.6. The molecule has 0 amide bonds. The third kappa shape index (κ3) is 4.21. The van der Waals surface area contributed by atoms with Crippen LogP contribution in [0, 0.1) is 10.1 Å². The summed E-state index contributed by atoms with van der Waals surface area (Å²) in [5, 5.41) is 11.9. The molecule has 0 saturated heterocycles. The van der Waals surface area contributed by atoms with Crippen molar-refractivity contribution >= 4 is 34.0 Å². The van der Waals surface area contributed by atoms with E-state index in [9.17, 15) is 10.1 Å². The number of nitrogens with zero attached hydrogens (tertiary/aromatic N) is 1. The minimum Gasteiger partial charge on any atom is -0.258 e. The standard InChI is InChI=1S/C30H20ClNO2/c31-25-15-11-21(12-16-25)27-19-20-28(22-13-17-26(18-14-22)32(33)34)30(27)29(23-7-3-1-4-8-23)24-9-5-2-6-10-24/h1-20H. The molecule has 0 atom stereocenters. The topological polar surface area (TPSA) is 43.1 Å². The van der Waals surface area contributed by atoms with E-state index in [1.165, 1.54) is 0 Å². The number of hydrogen-bond donors (Lipinski definition) is 0. The summed E-state index contributed by atoms with van der Waals surface area (Å²) in [6, 6.07) is 35.2. The molecular weight excluding hydrogens is 442 g/mol. The fourth-order valence-corrected chi connectivity index (χ4v) is 4.41. The SMILES string of the molecule is O=[N+]([O-])c1ccc(C2=CC=C(c3ccc(Cl)cc3)C2=C(c2ccccc2)c2ccccc2)cc1. The zero-order valence-electron chi connectivity index (χ0n) is 18.2. The molecule has 4 aromatic carbocycles. The van der Waals surface area contributed by atoms with Crippen LogP contribution in [-0.4, -0.2) is 4.92 Å². The maximum Gasteiger partial charge on any atom is 0.269 e. The van der Waals surface area contributed by atoms with Gasteiger partial charge in [-0.15, -0.1) is 0 Å². The average molecular weight is 462 g/mol. The third-order valence-corrected chi connectivity index (χ3v) is 6.13. The fraction of sp³-hybridized carbons (Fsp3) is 0. The summed E-state index contributed by atoms with van der Waals surface area (Å²) in [4.78, 5) is 10.8. The van der Waals surface area contributed by atoms with Gasteiger partial charge in [-0.2, -0.15) is 0 Å². The second-order valence-corrected chi connectivity index (χ2v) is 8.39. The lowest BCUT2D eigenvalue weighted by molar-refractivity contribution is -0.384. The fourth-order valence-electron chi connectivity index (χ4n) is 4.29. The molecule has 0 aliphatic heterocycles. The highest BCUT2D eigenvalue weighted by Gasteiger charge is 2.25. The minimum absolute atomic E-state index is 0.0742. The Balaban J connectivity index is 1.77. The Morgan fingerprint density at radius 1 is 0.618 bits per heavy atom. The van der Waals surface area contributed by atoms with Gasteiger partial charge in [0, 0.05) is 17.2 Å². The van der Waals surface area contributed by atoms with E-state index in [0.29, 0.717) is 5.02 Å². The summed E-state index contributed by atoms with van der Waals surface area (Å²) in [6.07, 6.45) is 4.20. The summed E-state index contributed by atoms with van der Waals surface area (Å²) in [5.41, 5.74) is 8.51. The lowest BCUT2D eigenvalue weighted by Gasteiger charge is -2.19. The number of nitro benzene ring substituents is 1. The van der Waals surface area contributed by atoms with Gasteiger partial charge in [0.05, 0.1) is 4.92 Å². The first-order valence-electron chi connectivity index (χ1n) is 10.9. The molecule has 0 bridgehead atoms. The van der Waals surface area contributed by atoms with Crippen molar-refractivity contribution in [2.24, 2.45) is 0 Å². The molecule has 0 fully saturated rings. The second-order valence-electron chi connectivity index (χ2n) is 7.95. The van der Waals surface area contributed by atoms with E-state index in [-0.39, 0.29) is 10.6 Å². The van der Waals surface area contributed by atoms with Gasteiger partial charge < -0.3 is 0 Å². The van der Waals surface area contributed by atoms with Gasteiger partial charge in [0.15, 0.2) is 0 Å². The number of halogens is 1. The highest BCUT2D eigenvalue weighted by molar-refractivity contribution is 6.30. The Kier molecular flexibility index (Phi) is 5.94. The van der Waals surface area contributed by atoms with Crippen LogP contribution in [0.2, 0.25) is 5.02 Å². The predicted octanol–water partition coefficient (Wildman–Crippen LogP) is 8.23. The Morgan fingerprint density at radius 3 is 1.50 bits per heavy atom. The second kappa shape index (κ2) is 9.34. The summed E-state index contributed by atoms with van der Waals surface area (Å²) >= 11 is 6.17. The Labute approximate surface area is 203 Å². The van der Waals surface area contributed by atoms with Crippen LogP contribution in [0.1, 0.15) is 22.3 Å². The molecule has 34 heavy (non-hydrogen) atoms. The molecule has 0 radical (unpaired) electrons. The Morgan fingerprint density at radius 2 is 1.06 bits per heavy atom. The van der Waals surface area contributed by atoms with E-state index >= 15 is 0 Å². The van der Waals surface area contributed by atoms with Crippen molar-refractivity contribution in [3.8, 4) is 0 Å². The molecule has 0 heterocycles. The van der Waals surface area contributed by atoms with Gasteiger partial charge in [-0.25, -0.2) is 0 Å². The molecule has 0 saturated carbocycles. The molecular formula is C30H20ClNO2. The van der Waals surface area contributed by atoms with Crippen molar-refractivity contribution in [3.05, 3.63) is 164 Å². The molecule has 4 heteroatoms. The van der Waals surface area contributed by atoms with E-state index < -0.39 is 0 Å². The van der Waals surface area contributed by atoms with Crippen LogP contribution in [0.15, 0.2) is 127 Å². The maximum absolute atomic E-state index is 11.2. The third-order valence-electron chi connectivity index (χ3n) is 5.87. The molecule has 4 aromatic rings. The largest absolute Gasteiger partial charge is 0.269 e. The monoisotopic (exact) mass is 461 g/mol.